The SMILES string of the molecule is CC(C)(C)[Si](OC[C@@H]1O[C@H]1C=O)(c1ccccc1)c1ccccc1. The molecule has 0 aromatic heterocycles. The zero-order valence-electron chi connectivity index (χ0n) is 14.4. The minimum atomic E-state index is -2.51. The first-order valence-corrected chi connectivity index (χ1v) is 10.3. The van der Waals surface area contributed by atoms with Crippen molar-refractivity contribution < 1.29 is 14.0 Å². The Hall–Kier alpha value is -1.75. The molecule has 1 fully saturated rings. The van der Waals surface area contributed by atoms with Gasteiger partial charge in [0.15, 0.2) is 6.29 Å². The van der Waals surface area contributed by atoms with Crippen LogP contribution in [0, 0.1) is 0 Å². The topological polar surface area (TPSA) is 38.8 Å². The van der Waals surface area contributed by atoms with Gasteiger partial charge in [0.1, 0.15) is 12.2 Å². The smallest absolute Gasteiger partial charge is 0.261 e. The molecule has 0 radical (unpaired) electrons. The van der Waals surface area contributed by atoms with Crippen molar-refractivity contribution >= 4 is 25.0 Å². The second-order valence-electron chi connectivity index (χ2n) is 7.25. The highest BCUT2D eigenvalue weighted by atomic mass is 28.4. The summed E-state index contributed by atoms with van der Waals surface area (Å²) in [5.41, 5.74) is 0. The van der Waals surface area contributed by atoms with Crippen LogP contribution in [0.1, 0.15) is 20.8 Å². The molecule has 0 bridgehead atoms. The third-order valence-electron chi connectivity index (χ3n) is 4.64. The molecule has 1 saturated heterocycles. The molecule has 2 aromatic rings. The average molecular weight is 340 g/mol. The van der Waals surface area contributed by atoms with Crippen LogP contribution in [-0.2, 0) is 14.0 Å². The Balaban J connectivity index is 2.05. The fourth-order valence-corrected chi connectivity index (χ4v) is 7.95. The summed E-state index contributed by atoms with van der Waals surface area (Å²) >= 11 is 0. The first-order chi connectivity index (χ1) is 11.5. The van der Waals surface area contributed by atoms with Gasteiger partial charge in [0.25, 0.3) is 8.32 Å². The summed E-state index contributed by atoms with van der Waals surface area (Å²) in [5.74, 6) is 0. The van der Waals surface area contributed by atoms with E-state index in [1.54, 1.807) is 0 Å². The highest BCUT2D eigenvalue weighted by Crippen LogP contribution is 2.37. The van der Waals surface area contributed by atoms with Crippen LogP contribution in [0.2, 0.25) is 5.04 Å². The molecule has 3 nitrogen and oxygen atoms in total. The maximum atomic E-state index is 10.9. The van der Waals surface area contributed by atoms with Crippen LogP contribution >= 0.6 is 0 Å². The molecular formula is C20H24O3Si. The van der Waals surface area contributed by atoms with E-state index in [4.69, 9.17) is 9.16 Å². The van der Waals surface area contributed by atoms with Gasteiger partial charge in [-0.2, -0.15) is 0 Å². The zero-order valence-corrected chi connectivity index (χ0v) is 15.4. The van der Waals surface area contributed by atoms with Crippen LogP contribution in [0.4, 0.5) is 0 Å². The molecule has 1 heterocycles. The Labute approximate surface area is 144 Å². The minimum Gasteiger partial charge on any atom is -0.405 e. The number of hydrogen-bond acceptors (Lipinski definition) is 3. The summed E-state index contributed by atoms with van der Waals surface area (Å²) in [6.07, 6.45) is 0.451. The number of epoxide rings is 1. The number of rotatable bonds is 6. The molecular weight excluding hydrogens is 316 g/mol. The number of ether oxygens (including phenoxy) is 1. The van der Waals surface area contributed by atoms with Gasteiger partial charge >= 0.3 is 0 Å². The molecule has 1 aliphatic heterocycles. The minimum absolute atomic E-state index is 0.0543. The quantitative estimate of drug-likeness (QED) is 0.461. The fraction of sp³-hybridized carbons (Fsp3) is 0.350. The molecule has 0 spiro atoms. The van der Waals surface area contributed by atoms with Gasteiger partial charge in [-0.1, -0.05) is 81.4 Å². The summed E-state index contributed by atoms with van der Waals surface area (Å²) < 4.78 is 12.1. The molecule has 2 aromatic carbocycles. The Morgan fingerprint density at radius 1 is 1.00 bits per heavy atom. The summed E-state index contributed by atoms with van der Waals surface area (Å²) in [6, 6.07) is 21.0. The van der Waals surface area contributed by atoms with Crippen molar-refractivity contribution in [2.24, 2.45) is 0 Å². The van der Waals surface area contributed by atoms with Crippen molar-refractivity contribution in [3.05, 3.63) is 60.7 Å². The van der Waals surface area contributed by atoms with Crippen LogP contribution in [0.3, 0.4) is 0 Å². The molecule has 126 valence electrons. The summed E-state index contributed by atoms with van der Waals surface area (Å²) in [6.45, 7) is 7.18. The molecule has 0 aliphatic carbocycles. The lowest BCUT2D eigenvalue weighted by molar-refractivity contribution is -0.108. The predicted octanol–water partition coefficient (Wildman–Crippen LogP) is 2.53. The van der Waals surface area contributed by atoms with Crippen LogP contribution in [-0.4, -0.2) is 33.4 Å². The van der Waals surface area contributed by atoms with Crippen molar-refractivity contribution in [1.29, 1.82) is 0 Å². The van der Waals surface area contributed by atoms with E-state index in [1.165, 1.54) is 10.4 Å². The fourth-order valence-electron chi connectivity index (χ4n) is 3.38. The monoisotopic (exact) mass is 340 g/mol. The number of carbonyl (C=O) groups excluding carboxylic acids is 1. The zero-order chi connectivity index (χ0) is 17.2. The summed E-state index contributed by atoms with van der Waals surface area (Å²) in [7, 11) is -2.51. The number of hydrogen-bond donors (Lipinski definition) is 0. The van der Waals surface area contributed by atoms with Crippen molar-refractivity contribution in [2.45, 2.75) is 38.0 Å². The molecule has 3 rings (SSSR count). The van der Waals surface area contributed by atoms with Crippen LogP contribution < -0.4 is 10.4 Å². The molecule has 24 heavy (non-hydrogen) atoms. The summed E-state index contributed by atoms with van der Waals surface area (Å²) in [4.78, 5) is 10.9. The standard InChI is InChI=1S/C20H24O3Si/c1-20(2,3)24(16-10-6-4-7-11-16,17-12-8-5-9-13-17)22-15-19-18(14-21)23-19/h4-14,18-19H,15H2,1-3H3/t18-,19-/m0/s1. The van der Waals surface area contributed by atoms with Gasteiger partial charge in [-0.15, -0.1) is 0 Å². The molecule has 4 heteroatoms. The van der Waals surface area contributed by atoms with E-state index in [0.29, 0.717) is 6.61 Å². The van der Waals surface area contributed by atoms with E-state index in [1.807, 2.05) is 12.1 Å². The van der Waals surface area contributed by atoms with Gasteiger partial charge in [-0.3, -0.25) is 0 Å². The van der Waals surface area contributed by atoms with Crippen molar-refractivity contribution in [3.63, 3.8) is 0 Å². The second kappa shape index (κ2) is 6.63. The van der Waals surface area contributed by atoms with Crippen LogP contribution in [0.25, 0.3) is 0 Å². The maximum absolute atomic E-state index is 10.9. The number of carbonyl (C=O) groups is 1. The van der Waals surface area contributed by atoms with Gasteiger partial charge in [-0.25, -0.2) is 0 Å². The van der Waals surface area contributed by atoms with Crippen molar-refractivity contribution in [1.82, 2.24) is 0 Å². The highest BCUT2D eigenvalue weighted by molar-refractivity contribution is 6.99. The molecule has 1 aliphatic rings. The third kappa shape index (κ3) is 3.09. The van der Waals surface area contributed by atoms with E-state index in [9.17, 15) is 4.79 Å². The van der Waals surface area contributed by atoms with E-state index >= 15 is 0 Å². The number of benzene rings is 2. The van der Waals surface area contributed by atoms with Crippen LogP contribution in [0.15, 0.2) is 60.7 Å². The number of aldehydes is 1. The molecule has 2 atom stereocenters. The van der Waals surface area contributed by atoms with E-state index < -0.39 is 8.32 Å². The van der Waals surface area contributed by atoms with Crippen molar-refractivity contribution in [3.8, 4) is 0 Å². The molecule has 0 N–H and O–H groups in total. The van der Waals surface area contributed by atoms with Gasteiger partial charge in [0.05, 0.1) is 6.61 Å². The van der Waals surface area contributed by atoms with Crippen LogP contribution in [0.5, 0.6) is 0 Å². The normalized spacial score (nSPS) is 20.6. The van der Waals surface area contributed by atoms with Gasteiger partial charge in [0.2, 0.25) is 0 Å². The third-order valence-corrected chi connectivity index (χ3v) is 9.64. The molecule has 0 saturated carbocycles. The maximum Gasteiger partial charge on any atom is 0.261 e. The first kappa shape index (κ1) is 17.1. The van der Waals surface area contributed by atoms with E-state index in [2.05, 4.69) is 69.3 Å². The highest BCUT2D eigenvalue weighted by Gasteiger charge is 2.52. The average Bonchev–Trinajstić information content (AvgIpc) is 3.35. The van der Waals surface area contributed by atoms with Gasteiger partial charge in [0, 0.05) is 0 Å². The predicted molar refractivity (Wildman–Crippen MR) is 98.3 cm³/mol. The van der Waals surface area contributed by atoms with E-state index in [0.717, 1.165) is 6.29 Å². The van der Waals surface area contributed by atoms with Gasteiger partial charge < -0.3 is 14.0 Å². The first-order valence-electron chi connectivity index (χ1n) is 8.35. The Morgan fingerprint density at radius 3 is 1.88 bits per heavy atom. The Bertz CT molecular complexity index is 640. The Morgan fingerprint density at radius 2 is 1.50 bits per heavy atom. The largest absolute Gasteiger partial charge is 0.405 e. The van der Waals surface area contributed by atoms with Crippen molar-refractivity contribution in [2.75, 3.05) is 6.61 Å². The second-order valence-corrected chi connectivity index (χ2v) is 11.6. The molecule has 0 unspecified atom stereocenters. The Kier molecular flexibility index (Phi) is 4.72. The molecule has 0 amide bonds. The lowest BCUT2D eigenvalue weighted by Crippen LogP contribution is -2.66. The lowest BCUT2D eigenvalue weighted by Gasteiger charge is -2.43. The summed E-state index contributed by atoms with van der Waals surface area (Å²) in [5, 5.41) is 2.43. The van der Waals surface area contributed by atoms with E-state index in [-0.39, 0.29) is 17.2 Å². The van der Waals surface area contributed by atoms with Gasteiger partial charge in [-0.05, 0) is 15.4 Å². The lowest BCUT2D eigenvalue weighted by atomic mass is 10.2.